The van der Waals surface area contributed by atoms with Crippen LogP contribution >= 0.6 is 0 Å². The Kier molecular flexibility index (Phi) is 4.01. The summed E-state index contributed by atoms with van der Waals surface area (Å²) in [5.74, 6) is 0.488. The van der Waals surface area contributed by atoms with Crippen LogP contribution in [0, 0.1) is 6.92 Å². The Bertz CT molecular complexity index is 1260. The quantitative estimate of drug-likeness (QED) is 0.520. The molecule has 0 spiro atoms. The van der Waals surface area contributed by atoms with Gasteiger partial charge in [0.25, 0.3) is 10.0 Å². The average Bonchev–Trinajstić information content (AvgIpc) is 3.33. The van der Waals surface area contributed by atoms with Gasteiger partial charge in [0, 0.05) is 18.3 Å². The summed E-state index contributed by atoms with van der Waals surface area (Å²) in [5.41, 5.74) is 4.04. The molecule has 0 bridgehead atoms. The maximum Gasteiger partial charge on any atom is 0.269 e. The van der Waals surface area contributed by atoms with E-state index in [-0.39, 0.29) is 4.90 Å². The van der Waals surface area contributed by atoms with Crippen LogP contribution in [0.15, 0.2) is 53.8 Å². The van der Waals surface area contributed by atoms with E-state index in [9.17, 15) is 8.42 Å². The molecule has 0 aliphatic heterocycles. The van der Waals surface area contributed by atoms with Crippen LogP contribution in [0.4, 0.5) is 0 Å². The van der Waals surface area contributed by atoms with E-state index >= 15 is 0 Å². The number of fused-ring (bicyclic) bond motifs is 3. The molecule has 7 heteroatoms. The van der Waals surface area contributed by atoms with E-state index < -0.39 is 10.0 Å². The van der Waals surface area contributed by atoms with Crippen molar-refractivity contribution >= 4 is 26.8 Å². The van der Waals surface area contributed by atoms with Gasteiger partial charge in [0.15, 0.2) is 11.3 Å². The Balaban J connectivity index is 1.63. The number of benzene rings is 1. The van der Waals surface area contributed by atoms with Gasteiger partial charge >= 0.3 is 0 Å². The highest BCUT2D eigenvalue weighted by molar-refractivity contribution is 7.90. The third-order valence-electron chi connectivity index (χ3n) is 5.72. The summed E-state index contributed by atoms with van der Waals surface area (Å²) in [6.45, 7) is 1.93. The molecule has 1 aliphatic rings. The summed E-state index contributed by atoms with van der Waals surface area (Å²) in [6, 6.07) is 8.67. The molecule has 1 fully saturated rings. The number of rotatable bonds is 3. The largest absolute Gasteiger partial charge is 0.295 e. The predicted octanol–water partition coefficient (Wildman–Crippen LogP) is 4.28. The first-order chi connectivity index (χ1) is 13.5. The van der Waals surface area contributed by atoms with Crippen LogP contribution in [-0.2, 0) is 10.0 Å². The maximum atomic E-state index is 13.1. The summed E-state index contributed by atoms with van der Waals surface area (Å²) in [4.78, 5) is 9.46. The number of aromatic nitrogens is 4. The molecular weight excluding hydrogens is 372 g/mol. The molecule has 28 heavy (non-hydrogen) atoms. The second-order valence-electron chi connectivity index (χ2n) is 7.63. The molecule has 5 rings (SSSR count). The highest BCUT2D eigenvalue weighted by Crippen LogP contribution is 2.32. The molecule has 0 atom stereocenters. The Morgan fingerprint density at radius 3 is 2.54 bits per heavy atom. The van der Waals surface area contributed by atoms with Gasteiger partial charge in [-0.1, -0.05) is 37.0 Å². The Hall–Kier alpha value is -2.67. The van der Waals surface area contributed by atoms with Crippen LogP contribution < -0.4 is 0 Å². The minimum Gasteiger partial charge on any atom is -0.295 e. The third-order valence-corrected chi connectivity index (χ3v) is 7.40. The van der Waals surface area contributed by atoms with E-state index in [2.05, 4.69) is 11.2 Å². The molecule has 0 amide bonds. The fourth-order valence-corrected chi connectivity index (χ4v) is 5.43. The van der Waals surface area contributed by atoms with Crippen molar-refractivity contribution in [1.82, 2.24) is 18.3 Å². The van der Waals surface area contributed by atoms with E-state index in [0.29, 0.717) is 11.6 Å². The number of hydrogen-bond donors (Lipinski definition) is 0. The van der Waals surface area contributed by atoms with Crippen LogP contribution in [0.5, 0.6) is 0 Å². The molecule has 3 heterocycles. The highest BCUT2D eigenvalue weighted by atomic mass is 32.2. The Morgan fingerprint density at radius 1 is 1.04 bits per heavy atom. The van der Waals surface area contributed by atoms with Crippen molar-refractivity contribution < 1.29 is 8.42 Å². The number of aryl methyl sites for hydroxylation is 1. The van der Waals surface area contributed by atoms with Crippen molar-refractivity contribution in [1.29, 1.82) is 0 Å². The van der Waals surface area contributed by atoms with Crippen LogP contribution in [0.1, 0.15) is 49.3 Å². The van der Waals surface area contributed by atoms with Gasteiger partial charge in [-0.2, -0.15) is 0 Å². The van der Waals surface area contributed by atoms with Crippen molar-refractivity contribution in [2.24, 2.45) is 0 Å². The van der Waals surface area contributed by atoms with Crippen molar-refractivity contribution in [3.63, 3.8) is 0 Å². The van der Waals surface area contributed by atoms with E-state index in [0.717, 1.165) is 22.4 Å². The summed E-state index contributed by atoms with van der Waals surface area (Å²) >= 11 is 0. The van der Waals surface area contributed by atoms with Crippen molar-refractivity contribution in [3.05, 3.63) is 60.2 Å². The van der Waals surface area contributed by atoms with Crippen molar-refractivity contribution in [3.8, 4) is 0 Å². The normalized spacial score (nSPS) is 16.2. The lowest BCUT2D eigenvalue weighted by atomic mass is 9.87. The average molecular weight is 395 g/mol. The van der Waals surface area contributed by atoms with Crippen LogP contribution in [0.3, 0.4) is 0 Å². The summed E-state index contributed by atoms with van der Waals surface area (Å²) in [6.07, 6.45) is 11.4. The highest BCUT2D eigenvalue weighted by Gasteiger charge is 2.22. The smallest absolute Gasteiger partial charge is 0.269 e. The lowest BCUT2D eigenvalue weighted by molar-refractivity contribution is 0.438. The standard InChI is InChI=1S/C21H22N4O2S/c1-15-7-9-17(10-8-15)28(26,27)25-12-11-19-21(25)22-13-20-23-18(14-24(19)20)16-5-3-2-4-6-16/h7-14,16H,2-6H2,1H3. The zero-order valence-electron chi connectivity index (χ0n) is 15.7. The van der Waals surface area contributed by atoms with Gasteiger partial charge in [0.05, 0.1) is 22.3 Å². The SMILES string of the molecule is Cc1ccc(S(=O)(=O)n2ccc3c2ncc2nc(C4CCCCC4)cn23)cc1. The predicted molar refractivity (Wildman–Crippen MR) is 108 cm³/mol. The molecule has 144 valence electrons. The van der Waals surface area contributed by atoms with Crippen LogP contribution in [0.25, 0.3) is 16.8 Å². The second kappa shape index (κ2) is 6.44. The lowest BCUT2D eigenvalue weighted by Crippen LogP contribution is -2.12. The van der Waals surface area contributed by atoms with Crippen LogP contribution in [-0.4, -0.2) is 26.8 Å². The van der Waals surface area contributed by atoms with Crippen molar-refractivity contribution in [2.75, 3.05) is 0 Å². The topological polar surface area (TPSA) is 69.3 Å². The molecule has 1 saturated carbocycles. The molecule has 0 radical (unpaired) electrons. The van der Waals surface area contributed by atoms with E-state index in [1.807, 2.05) is 11.3 Å². The molecule has 1 aromatic carbocycles. The fourth-order valence-electron chi connectivity index (χ4n) is 4.14. The van der Waals surface area contributed by atoms with Gasteiger partial charge in [0.2, 0.25) is 0 Å². The van der Waals surface area contributed by atoms with Gasteiger partial charge in [-0.3, -0.25) is 4.40 Å². The van der Waals surface area contributed by atoms with Gasteiger partial charge in [0.1, 0.15) is 0 Å². The number of imidazole rings is 1. The van der Waals surface area contributed by atoms with E-state index in [1.54, 1.807) is 42.7 Å². The fraction of sp³-hybridized carbons (Fsp3) is 0.333. The summed E-state index contributed by atoms with van der Waals surface area (Å²) < 4.78 is 29.4. The Morgan fingerprint density at radius 2 is 1.79 bits per heavy atom. The number of nitrogens with zero attached hydrogens (tertiary/aromatic N) is 4. The monoisotopic (exact) mass is 394 g/mol. The van der Waals surface area contributed by atoms with Crippen molar-refractivity contribution in [2.45, 2.75) is 49.8 Å². The van der Waals surface area contributed by atoms with E-state index in [4.69, 9.17) is 4.98 Å². The van der Waals surface area contributed by atoms with Gasteiger partial charge in [-0.25, -0.2) is 22.4 Å². The molecule has 1 aliphatic carbocycles. The molecule has 0 unspecified atom stereocenters. The molecule has 3 aromatic heterocycles. The number of hydrogen-bond acceptors (Lipinski definition) is 4. The zero-order chi connectivity index (χ0) is 19.3. The molecule has 6 nitrogen and oxygen atoms in total. The molecule has 4 aromatic rings. The second-order valence-corrected chi connectivity index (χ2v) is 9.44. The first-order valence-electron chi connectivity index (χ1n) is 9.71. The van der Waals surface area contributed by atoms with Gasteiger partial charge in [-0.05, 0) is 38.0 Å². The minimum absolute atomic E-state index is 0.256. The summed E-state index contributed by atoms with van der Waals surface area (Å²) in [7, 11) is -3.70. The van der Waals surface area contributed by atoms with E-state index in [1.165, 1.54) is 36.1 Å². The minimum atomic E-state index is -3.70. The molecule has 0 N–H and O–H groups in total. The Labute approximate surface area is 163 Å². The zero-order valence-corrected chi connectivity index (χ0v) is 16.6. The van der Waals surface area contributed by atoms with Crippen LogP contribution in [0.2, 0.25) is 0 Å². The summed E-state index contributed by atoms with van der Waals surface area (Å²) in [5, 5.41) is 0. The first kappa shape index (κ1) is 17.4. The third kappa shape index (κ3) is 2.73. The maximum absolute atomic E-state index is 13.1. The van der Waals surface area contributed by atoms with Gasteiger partial charge in [-0.15, -0.1) is 0 Å². The van der Waals surface area contributed by atoms with Gasteiger partial charge < -0.3 is 0 Å². The molecular formula is C21H22N4O2S. The molecule has 0 saturated heterocycles. The lowest BCUT2D eigenvalue weighted by Gasteiger charge is -2.19. The first-order valence-corrected chi connectivity index (χ1v) is 11.2.